The van der Waals surface area contributed by atoms with Gasteiger partial charge in [0, 0.05) is 34.7 Å². The van der Waals surface area contributed by atoms with Crippen LogP contribution in [-0.2, 0) is 42.0 Å². The quantitative estimate of drug-likeness (QED) is 0.105. The fraction of sp³-hybridized carbons (Fsp3) is 0.333. The zero-order valence-electron chi connectivity index (χ0n) is 24.2. The minimum absolute atomic E-state index is 0.0411. The molecule has 44 heavy (non-hydrogen) atoms. The molecule has 1 aliphatic rings. The molecular formula is C33H35ClN2O7S. The third-order valence-corrected chi connectivity index (χ3v) is 9.00. The summed E-state index contributed by atoms with van der Waals surface area (Å²) in [6, 6.07) is 22.5. The molecule has 0 spiro atoms. The van der Waals surface area contributed by atoms with Crippen LogP contribution in [0.4, 0.5) is 0 Å². The SMILES string of the molecule is O=C(CN1CC(S(=O)Cc2ccc(C(=O)OCOC(=O)c3ccccc3)cc2)C1=O)NCCCCCCc1ccc(Cl)cc1. The minimum Gasteiger partial charge on any atom is -0.424 e. The van der Waals surface area contributed by atoms with E-state index < -0.39 is 34.8 Å². The number of halogens is 1. The second-order valence-electron chi connectivity index (χ2n) is 10.4. The second-order valence-corrected chi connectivity index (χ2v) is 12.5. The van der Waals surface area contributed by atoms with Crippen LogP contribution in [0.5, 0.6) is 0 Å². The Morgan fingerprint density at radius 2 is 1.43 bits per heavy atom. The summed E-state index contributed by atoms with van der Waals surface area (Å²) in [5, 5.41) is 2.93. The maximum atomic E-state index is 12.8. The third kappa shape index (κ3) is 10.0. The molecule has 232 valence electrons. The highest BCUT2D eigenvalue weighted by Crippen LogP contribution is 2.19. The Hall–Kier alpha value is -4.02. The molecule has 2 unspecified atom stereocenters. The lowest BCUT2D eigenvalue weighted by atomic mass is 10.1. The molecule has 9 nitrogen and oxygen atoms in total. The van der Waals surface area contributed by atoms with Crippen molar-refractivity contribution in [2.24, 2.45) is 0 Å². The van der Waals surface area contributed by atoms with Crippen molar-refractivity contribution >= 4 is 46.2 Å². The van der Waals surface area contributed by atoms with Gasteiger partial charge in [-0.2, -0.15) is 0 Å². The van der Waals surface area contributed by atoms with E-state index in [2.05, 4.69) is 5.32 Å². The number of hydrogen-bond acceptors (Lipinski definition) is 7. The van der Waals surface area contributed by atoms with Gasteiger partial charge in [0.25, 0.3) is 0 Å². The van der Waals surface area contributed by atoms with Crippen molar-refractivity contribution in [1.82, 2.24) is 10.2 Å². The summed E-state index contributed by atoms with van der Waals surface area (Å²) in [5.74, 6) is -1.66. The monoisotopic (exact) mass is 638 g/mol. The summed E-state index contributed by atoms with van der Waals surface area (Å²) in [5.41, 5.74) is 2.54. The largest absolute Gasteiger partial charge is 0.424 e. The topological polar surface area (TPSA) is 119 Å². The average molecular weight is 639 g/mol. The lowest BCUT2D eigenvalue weighted by Crippen LogP contribution is -2.60. The zero-order chi connectivity index (χ0) is 31.3. The summed E-state index contributed by atoms with van der Waals surface area (Å²) < 4.78 is 22.7. The van der Waals surface area contributed by atoms with E-state index in [0.717, 1.165) is 37.1 Å². The Morgan fingerprint density at radius 1 is 0.818 bits per heavy atom. The summed E-state index contributed by atoms with van der Waals surface area (Å²) >= 11 is 5.91. The smallest absolute Gasteiger partial charge is 0.340 e. The van der Waals surface area contributed by atoms with Gasteiger partial charge in [0.1, 0.15) is 5.25 Å². The molecule has 2 amide bonds. The predicted octanol–water partition coefficient (Wildman–Crippen LogP) is 4.69. The van der Waals surface area contributed by atoms with Gasteiger partial charge in [0.05, 0.1) is 17.7 Å². The van der Waals surface area contributed by atoms with E-state index in [4.69, 9.17) is 21.1 Å². The van der Waals surface area contributed by atoms with Crippen LogP contribution >= 0.6 is 11.6 Å². The lowest BCUT2D eigenvalue weighted by molar-refractivity contribution is -0.142. The van der Waals surface area contributed by atoms with Crippen LogP contribution in [-0.4, -0.2) is 64.5 Å². The standard InChI is InChI=1S/C33H35ClN2O7S/c34-28-17-13-24(14-18-28)8-4-1-2-7-19-35-30(37)21-36-20-29(31(36)38)44(41)22-25-11-15-27(16-12-25)33(40)43-23-42-32(39)26-9-5-3-6-10-26/h3,5-6,9-18,29H,1-2,4,7-8,19-23H2,(H,35,37). The molecule has 2 atom stereocenters. The van der Waals surface area contributed by atoms with Gasteiger partial charge >= 0.3 is 11.9 Å². The number of benzene rings is 3. The van der Waals surface area contributed by atoms with Crippen molar-refractivity contribution in [3.05, 3.63) is 106 Å². The molecule has 1 saturated heterocycles. The van der Waals surface area contributed by atoms with E-state index in [-0.39, 0.29) is 36.2 Å². The Labute approximate surface area is 264 Å². The van der Waals surface area contributed by atoms with Crippen molar-refractivity contribution in [1.29, 1.82) is 0 Å². The summed E-state index contributed by atoms with van der Waals surface area (Å²) in [4.78, 5) is 50.4. The first-order valence-corrected chi connectivity index (χ1v) is 16.2. The fourth-order valence-corrected chi connectivity index (χ4v) is 6.16. The van der Waals surface area contributed by atoms with Crippen molar-refractivity contribution in [2.45, 2.75) is 43.1 Å². The van der Waals surface area contributed by atoms with Gasteiger partial charge in [0.15, 0.2) is 0 Å². The first-order valence-electron chi connectivity index (χ1n) is 14.5. The van der Waals surface area contributed by atoms with Crippen molar-refractivity contribution < 1.29 is 32.9 Å². The number of β-lactam (4-membered cyclic amide) rings is 1. The van der Waals surface area contributed by atoms with Gasteiger partial charge in [-0.1, -0.05) is 66.9 Å². The maximum absolute atomic E-state index is 12.8. The van der Waals surface area contributed by atoms with Gasteiger partial charge in [-0.05, 0) is 66.8 Å². The number of aryl methyl sites for hydroxylation is 1. The van der Waals surface area contributed by atoms with E-state index >= 15 is 0 Å². The van der Waals surface area contributed by atoms with Crippen LogP contribution in [0.25, 0.3) is 0 Å². The fourth-order valence-electron chi connectivity index (χ4n) is 4.59. The summed E-state index contributed by atoms with van der Waals surface area (Å²) in [7, 11) is -1.47. The number of hydrogen-bond donors (Lipinski definition) is 1. The number of carbonyl (C=O) groups excluding carboxylic acids is 4. The number of unbranched alkanes of at least 4 members (excludes halogenated alkanes) is 3. The number of carbonyl (C=O) groups is 4. The average Bonchev–Trinajstić information content (AvgIpc) is 3.03. The van der Waals surface area contributed by atoms with Crippen LogP contribution in [0.15, 0.2) is 78.9 Å². The molecule has 11 heteroatoms. The van der Waals surface area contributed by atoms with Gasteiger partial charge in [-0.25, -0.2) is 9.59 Å². The number of rotatable bonds is 16. The number of esters is 2. The molecule has 3 aromatic rings. The molecule has 0 aromatic heterocycles. The molecule has 3 aromatic carbocycles. The third-order valence-electron chi connectivity index (χ3n) is 7.14. The van der Waals surface area contributed by atoms with Crippen LogP contribution < -0.4 is 5.32 Å². The second kappa shape index (κ2) is 16.7. The number of amides is 2. The van der Waals surface area contributed by atoms with Gasteiger partial charge in [0.2, 0.25) is 18.6 Å². The van der Waals surface area contributed by atoms with Crippen LogP contribution in [0.3, 0.4) is 0 Å². The van der Waals surface area contributed by atoms with Gasteiger partial charge in [-0.15, -0.1) is 0 Å². The number of nitrogens with zero attached hydrogens (tertiary/aromatic N) is 1. The normalized spacial score (nSPS) is 14.8. The van der Waals surface area contributed by atoms with E-state index in [0.29, 0.717) is 17.7 Å². The molecule has 4 rings (SSSR count). The van der Waals surface area contributed by atoms with E-state index in [1.165, 1.54) is 22.6 Å². The van der Waals surface area contributed by atoms with Crippen molar-refractivity contribution in [3.8, 4) is 0 Å². The first kappa shape index (κ1) is 32.9. The Balaban J connectivity index is 1.07. The molecule has 0 saturated carbocycles. The Kier molecular flexibility index (Phi) is 12.5. The molecule has 1 heterocycles. The summed E-state index contributed by atoms with van der Waals surface area (Å²) in [6.45, 7) is 0.248. The van der Waals surface area contributed by atoms with E-state index in [1.54, 1.807) is 42.5 Å². The number of likely N-dealkylation sites (tertiary alicyclic amines) is 1. The highest BCUT2D eigenvalue weighted by molar-refractivity contribution is 7.85. The zero-order valence-corrected chi connectivity index (χ0v) is 25.8. The molecule has 1 fully saturated rings. The first-order chi connectivity index (χ1) is 21.3. The predicted molar refractivity (Wildman–Crippen MR) is 167 cm³/mol. The van der Waals surface area contributed by atoms with Crippen LogP contribution in [0.1, 0.15) is 57.5 Å². The summed E-state index contributed by atoms with van der Waals surface area (Å²) in [6.07, 6.45) is 5.00. The number of ether oxygens (including phenoxy) is 2. The molecule has 0 radical (unpaired) electrons. The highest BCUT2D eigenvalue weighted by atomic mass is 35.5. The van der Waals surface area contributed by atoms with Crippen molar-refractivity contribution in [3.63, 3.8) is 0 Å². The number of nitrogens with one attached hydrogen (secondary N) is 1. The minimum atomic E-state index is -1.47. The van der Waals surface area contributed by atoms with Gasteiger partial charge < -0.3 is 19.7 Å². The highest BCUT2D eigenvalue weighted by Gasteiger charge is 2.41. The van der Waals surface area contributed by atoms with Gasteiger partial charge in [-0.3, -0.25) is 13.8 Å². The molecule has 1 N–H and O–H groups in total. The van der Waals surface area contributed by atoms with Crippen molar-refractivity contribution in [2.75, 3.05) is 26.4 Å². The van der Waals surface area contributed by atoms with Crippen LogP contribution in [0, 0.1) is 0 Å². The molecule has 0 bridgehead atoms. The Morgan fingerprint density at radius 3 is 2.09 bits per heavy atom. The Bertz CT molecular complexity index is 1450. The lowest BCUT2D eigenvalue weighted by Gasteiger charge is -2.37. The maximum Gasteiger partial charge on any atom is 0.340 e. The molecule has 0 aliphatic carbocycles. The van der Waals surface area contributed by atoms with Crippen LogP contribution in [0.2, 0.25) is 5.02 Å². The van der Waals surface area contributed by atoms with E-state index in [9.17, 15) is 23.4 Å². The van der Waals surface area contributed by atoms with E-state index in [1.807, 2.05) is 24.3 Å². The molecular weight excluding hydrogens is 604 g/mol. The molecule has 1 aliphatic heterocycles.